The predicted octanol–water partition coefficient (Wildman–Crippen LogP) is 3.99. The van der Waals surface area contributed by atoms with Gasteiger partial charge in [0.2, 0.25) is 5.91 Å². The van der Waals surface area contributed by atoms with Crippen LogP contribution in [0, 0.1) is 5.92 Å². The standard InChI is InChI=1S/C27H31ClN4O2/c28-23-9-5-4-8-22(23)25(33)32-18-16-31(17-19-32)24(21-6-2-1-3-7-21)30-27(13-14-27)26(34)29-15-12-20-10-11-20/h1-9,20H,10-19H2,(H,29,34). The topological polar surface area (TPSA) is 65.0 Å². The van der Waals surface area contributed by atoms with E-state index in [0.29, 0.717) is 36.8 Å². The van der Waals surface area contributed by atoms with E-state index in [1.165, 1.54) is 12.8 Å². The fraction of sp³-hybridized carbons (Fsp3) is 0.444. The highest BCUT2D eigenvalue weighted by Gasteiger charge is 2.50. The highest BCUT2D eigenvalue weighted by Crippen LogP contribution is 2.41. The minimum Gasteiger partial charge on any atom is -0.354 e. The van der Waals surface area contributed by atoms with Crippen LogP contribution in [0.25, 0.3) is 0 Å². The summed E-state index contributed by atoms with van der Waals surface area (Å²) in [6, 6.07) is 17.2. The zero-order chi connectivity index (χ0) is 23.5. The van der Waals surface area contributed by atoms with Crippen molar-refractivity contribution >= 4 is 29.3 Å². The molecule has 2 amide bonds. The maximum atomic E-state index is 13.0. The Morgan fingerprint density at radius 2 is 1.59 bits per heavy atom. The largest absolute Gasteiger partial charge is 0.354 e. The van der Waals surface area contributed by atoms with Gasteiger partial charge in [0, 0.05) is 38.3 Å². The number of piperazine rings is 1. The van der Waals surface area contributed by atoms with Crippen molar-refractivity contribution in [2.75, 3.05) is 32.7 Å². The number of carbonyl (C=O) groups excluding carboxylic acids is 2. The van der Waals surface area contributed by atoms with E-state index in [4.69, 9.17) is 16.6 Å². The summed E-state index contributed by atoms with van der Waals surface area (Å²) in [7, 11) is 0. The maximum Gasteiger partial charge on any atom is 0.255 e. The summed E-state index contributed by atoms with van der Waals surface area (Å²) in [6.45, 7) is 3.21. The molecule has 6 nitrogen and oxygen atoms in total. The second-order valence-electron chi connectivity index (χ2n) is 9.58. The van der Waals surface area contributed by atoms with Crippen LogP contribution >= 0.6 is 11.6 Å². The molecule has 1 N–H and O–H groups in total. The molecule has 178 valence electrons. The van der Waals surface area contributed by atoms with Crippen molar-refractivity contribution in [2.45, 2.75) is 37.6 Å². The zero-order valence-corrected chi connectivity index (χ0v) is 20.1. The first kappa shape index (κ1) is 22.9. The van der Waals surface area contributed by atoms with Crippen LogP contribution in [0.4, 0.5) is 0 Å². The van der Waals surface area contributed by atoms with Crippen LogP contribution in [-0.2, 0) is 4.79 Å². The third kappa shape index (κ3) is 5.12. The number of aliphatic imine (C=N–C) groups is 1. The van der Waals surface area contributed by atoms with E-state index in [1.54, 1.807) is 12.1 Å². The average molecular weight is 479 g/mol. The number of hydrogen-bond donors (Lipinski definition) is 1. The summed E-state index contributed by atoms with van der Waals surface area (Å²) in [5.41, 5.74) is 0.888. The molecule has 2 saturated carbocycles. The number of nitrogens with zero attached hydrogens (tertiary/aromatic N) is 3. The molecular weight excluding hydrogens is 448 g/mol. The first-order valence-electron chi connectivity index (χ1n) is 12.3. The van der Waals surface area contributed by atoms with Crippen LogP contribution in [0.5, 0.6) is 0 Å². The van der Waals surface area contributed by atoms with Crippen molar-refractivity contribution in [3.63, 3.8) is 0 Å². The highest BCUT2D eigenvalue weighted by atomic mass is 35.5. The van der Waals surface area contributed by atoms with Gasteiger partial charge in [-0.05, 0) is 37.3 Å². The van der Waals surface area contributed by atoms with Crippen molar-refractivity contribution in [3.05, 3.63) is 70.7 Å². The second-order valence-corrected chi connectivity index (χ2v) is 9.99. The van der Waals surface area contributed by atoms with Crippen LogP contribution in [-0.4, -0.2) is 65.7 Å². The number of benzene rings is 2. The van der Waals surface area contributed by atoms with Gasteiger partial charge in [0.1, 0.15) is 11.4 Å². The van der Waals surface area contributed by atoms with Gasteiger partial charge in [0.05, 0.1) is 10.6 Å². The van der Waals surface area contributed by atoms with Crippen LogP contribution in [0.15, 0.2) is 59.6 Å². The molecule has 0 aromatic heterocycles. The van der Waals surface area contributed by atoms with Gasteiger partial charge in [-0.3, -0.25) is 14.6 Å². The Morgan fingerprint density at radius 3 is 2.24 bits per heavy atom. The van der Waals surface area contributed by atoms with Gasteiger partial charge < -0.3 is 15.1 Å². The monoisotopic (exact) mass is 478 g/mol. The molecule has 1 heterocycles. The third-order valence-electron chi connectivity index (χ3n) is 7.00. The minimum absolute atomic E-state index is 0.0443. The quantitative estimate of drug-likeness (QED) is 0.483. The van der Waals surface area contributed by atoms with Crippen LogP contribution in [0.3, 0.4) is 0 Å². The molecule has 0 bridgehead atoms. The van der Waals surface area contributed by atoms with E-state index < -0.39 is 5.54 Å². The molecule has 0 spiro atoms. The van der Waals surface area contributed by atoms with Gasteiger partial charge >= 0.3 is 0 Å². The molecule has 2 aliphatic carbocycles. The molecular formula is C27H31ClN4O2. The molecule has 5 rings (SSSR count). The van der Waals surface area contributed by atoms with Crippen molar-refractivity contribution in [3.8, 4) is 0 Å². The maximum absolute atomic E-state index is 13.0. The van der Waals surface area contributed by atoms with Crippen LogP contribution < -0.4 is 5.32 Å². The van der Waals surface area contributed by atoms with E-state index >= 15 is 0 Å². The summed E-state index contributed by atoms with van der Waals surface area (Å²) < 4.78 is 0. The van der Waals surface area contributed by atoms with E-state index in [-0.39, 0.29) is 11.8 Å². The Bertz CT molecular complexity index is 1070. The van der Waals surface area contributed by atoms with Gasteiger partial charge in [-0.25, -0.2) is 0 Å². The Labute approximate surface area is 206 Å². The summed E-state index contributed by atoms with van der Waals surface area (Å²) in [4.78, 5) is 35.1. The second kappa shape index (κ2) is 9.79. The number of halogens is 1. The van der Waals surface area contributed by atoms with E-state index in [0.717, 1.165) is 43.1 Å². The molecule has 3 fully saturated rings. The smallest absolute Gasteiger partial charge is 0.255 e. The number of carbonyl (C=O) groups is 2. The van der Waals surface area contributed by atoms with E-state index in [9.17, 15) is 9.59 Å². The first-order chi connectivity index (χ1) is 16.6. The predicted molar refractivity (Wildman–Crippen MR) is 134 cm³/mol. The van der Waals surface area contributed by atoms with Gasteiger partial charge in [-0.15, -0.1) is 0 Å². The zero-order valence-electron chi connectivity index (χ0n) is 19.4. The molecule has 2 aromatic rings. The van der Waals surface area contributed by atoms with Crippen molar-refractivity contribution < 1.29 is 9.59 Å². The molecule has 2 aromatic carbocycles. The molecule has 0 unspecified atom stereocenters. The Morgan fingerprint density at radius 1 is 0.941 bits per heavy atom. The van der Waals surface area contributed by atoms with Gasteiger partial charge in [0.25, 0.3) is 5.91 Å². The molecule has 1 aliphatic heterocycles. The Balaban J connectivity index is 1.30. The summed E-state index contributed by atoms with van der Waals surface area (Å²) in [5.74, 6) is 1.65. The lowest BCUT2D eigenvalue weighted by molar-refractivity contribution is -0.123. The summed E-state index contributed by atoms with van der Waals surface area (Å²) >= 11 is 6.25. The Hall–Kier alpha value is -2.86. The number of nitrogens with one attached hydrogen (secondary N) is 1. The van der Waals surface area contributed by atoms with Crippen molar-refractivity contribution in [1.82, 2.24) is 15.1 Å². The number of amides is 2. The molecule has 34 heavy (non-hydrogen) atoms. The lowest BCUT2D eigenvalue weighted by Crippen LogP contribution is -2.51. The number of rotatable bonds is 7. The van der Waals surface area contributed by atoms with Crippen molar-refractivity contribution in [2.24, 2.45) is 10.9 Å². The molecule has 0 atom stereocenters. The van der Waals surface area contributed by atoms with E-state index in [1.807, 2.05) is 47.4 Å². The Kier molecular flexibility index (Phi) is 6.59. The lowest BCUT2D eigenvalue weighted by Gasteiger charge is -2.37. The van der Waals surface area contributed by atoms with Crippen molar-refractivity contribution in [1.29, 1.82) is 0 Å². The summed E-state index contributed by atoms with van der Waals surface area (Å²) in [6.07, 6.45) is 5.22. The van der Waals surface area contributed by atoms with Crippen LogP contribution in [0.2, 0.25) is 5.02 Å². The van der Waals surface area contributed by atoms with Gasteiger partial charge in [-0.2, -0.15) is 0 Å². The molecule has 7 heteroatoms. The summed E-state index contributed by atoms with van der Waals surface area (Å²) in [5, 5.41) is 3.61. The minimum atomic E-state index is -0.654. The first-order valence-corrected chi connectivity index (χ1v) is 12.7. The number of amidine groups is 1. The highest BCUT2D eigenvalue weighted by molar-refractivity contribution is 6.33. The molecule has 3 aliphatic rings. The molecule has 0 radical (unpaired) electrons. The SMILES string of the molecule is O=C(c1ccccc1Cl)N1CCN(C(=NC2(C(=O)NCCC3CC3)CC2)c2ccccc2)CC1. The molecule has 1 saturated heterocycles. The normalized spacial score (nSPS) is 19.6. The average Bonchev–Trinajstić information content (AvgIpc) is 3.80. The van der Waals surface area contributed by atoms with E-state index in [2.05, 4.69) is 10.2 Å². The van der Waals surface area contributed by atoms with Gasteiger partial charge in [0.15, 0.2) is 0 Å². The number of hydrogen-bond acceptors (Lipinski definition) is 3. The fourth-order valence-corrected chi connectivity index (χ4v) is 4.72. The third-order valence-corrected chi connectivity index (χ3v) is 7.33. The fourth-order valence-electron chi connectivity index (χ4n) is 4.50. The lowest BCUT2D eigenvalue weighted by atomic mass is 10.1. The van der Waals surface area contributed by atoms with Crippen LogP contribution in [0.1, 0.15) is 48.0 Å². The van der Waals surface area contributed by atoms with Gasteiger partial charge in [-0.1, -0.05) is 66.9 Å².